The predicted molar refractivity (Wildman–Crippen MR) is 108 cm³/mol. The summed E-state index contributed by atoms with van der Waals surface area (Å²) in [5.74, 6) is 2.28. The Labute approximate surface area is 162 Å². The molecule has 1 saturated heterocycles. The molecular weight excluding hydrogens is 354 g/mol. The summed E-state index contributed by atoms with van der Waals surface area (Å²) in [4.78, 5) is 10.9. The van der Waals surface area contributed by atoms with Gasteiger partial charge in [-0.15, -0.1) is 11.3 Å². The number of thiazole rings is 1. The van der Waals surface area contributed by atoms with E-state index in [-0.39, 0.29) is 0 Å². The first-order chi connectivity index (χ1) is 13.3. The first-order valence-electron chi connectivity index (χ1n) is 9.54. The van der Waals surface area contributed by atoms with Crippen LogP contribution in [0.1, 0.15) is 29.7 Å². The van der Waals surface area contributed by atoms with Crippen LogP contribution >= 0.6 is 11.3 Å². The van der Waals surface area contributed by atoms with Gasteiger partial charge in [-0.2, -0.15) is 0 Å². The van der Waals surface area contributed by atoms with Crippen molar-refractivity contribution < 1.29 is 9.32 Å². The van der Waals surface area contributed by atoms with Gasteiger partial charge < -0.3 is 9.32 Å². The van der Waals surface area contributed by atoms with E-state index in [1.807, 2.05) is 35.7 Å². The second kappa shape index (κ2) is 7.25. The van der Waals surface area contributed by atoms with E-state index in [0.717, 1.165) is 42.4 Å². The molecule has 5 rings (SSSR count). The third-order valence-electron chi connectivity index (χ3n) is 5.37. The highest BCUT2D eigenvalue weighted by atomic mass is 32.1. The molecule has 0 unspecified atom stereocenters. The molecule has 0 spiro atoms. The SMILES string of the molecule is c1ccc(-c2cnc(C[NH+]3CCC(c4nc5ccccc5s4)CC3)o2)cc1. The molecular formula is C22H22N3OS+. The number of nitrogens with one attached hydrogen (secondary N) is 1. The molecule has 0 aliphatic carbocycles. The van der Waals surface area contributed by atoms with Gasteiger partial charge in [0.1, 0.15) is 0 Å². The van der Waals surface area contributed by atoms with E-state index in [2.05, 4.69) is 41.4 Å². The Kier molecular flexibility index (Phi) is 4.47. The molecule has 1 fully saturated rings. The van der Waals surface area contributed by atoms with Gasteiger partial charge >= 0.3 is 0 Å². The molecule has 1 aliphatic heterocycles. The van der Waals surface area contributed by atoms with Crippen molar-refractivity contribution in [2.24, 2.45) is 0 Å². The minimum atomic E-state index is 0.593. The fourth-order valence-electron chi connectivity index (χ4n) is 3.86. The molecule has 0 atom stereocenters. The van der Waals surface area contributed by atoms with Gasteiger partial charge in [0.05, 0.1) is 34.5 Å². The summed E-state index contributed by atoms with van der Waals surface area (Å²) in [7, 11) is 0. The van der Waals surface area contributed by atoms with Gasteiger partial charge in [-0.05, 0) is 12.1 Å². The third-order valence-corrected chi connectivity index (χ3v) is 6.56. The van der Waals surface area contributed by atoms with Crippen molar-refractivity contribution in [2.75, 3.05) is 13.1 Å². The highest BCUT2D eigenvalue weighted by Gasteiger charge is 2.26. The zero-order valence-corrected chi connectivity index (χ0v) is 15.9. The number of rotatable bonds is 4. The van der Waals surface area contributed by atoms with Crippen LogP contribution in [0.5, 0.6) is 0 Å². The quantitative estimate of drug-likeness (QED) is 0.587. The number of benzene rings is 2. The maximum absolute atomic E-state index is 5.98. The number of aromatic nitrogens is 2. The van der Waals surface area contributed by atoms with Crippen LogP contribution in [0, 0.1) is 0 Å². The number of hydrogen-bond donors (Lipinski definition) is 1. The lowest BCUT2D eigenvalue weighted by Gasteiger charge is -2.27. The van der Waals surface area contributed by atoms with E-state index in [9.17, 15) is 0 Å². The first kappa shape index (κ1) is 16.7. The molecule has 5 heteroatoms. The van der Waals surface area contributed by atoms with Gasteiger partial charge in [0.25, 0.3) is 5.89 Å². The molecule has 0 bridgehead atoms. The molecule has 0 radical (unpaired) electrons. The monoisotopic (exact) mass is 376 g/mol. The minimum Gasteiger partial charge on any atom is -0.435 e. The highest BCUT2D eigenvalue weighted by molar-refractivity contribution is 7.18. The average molecular weight is 377 g/mol. The van der Waals surface area contributed by atoms with Crippen LogP contribution in [0.4, 0.5) is 0 Å². The average Bonchev–Trinajstić information content (AvgIpc) is 3.36. The Morgan fingerprint density at radius 3 is 2.59 bits per heavy atom. The number of fused-ring (bicyclic) bond motifs is 1. The third kappa shape index (κ3) is 3.53. The highest BCUT2D eigenvalue weighted by Crippen LogP contribution is 2.31. The largest absolute Gasteiger partial charge is 0.435 e. The molecule has 1 aliphatic rings. The minimum absolute atomic E-state index is 0.593. The summed E-state index contributed by atoms with van der Waals surface area (Å²) in [5, 5.41) is 1.30. The van der Waals surface area contributed by atoms with Crippen LogP contribution in [-0.2, 0) is 6.54 Å². The van der Waals surface area contributed by atoms with Gasteiger partial charge in [-0.3, -0.25) is 0 Å². The number of oxazole rings is 1. The zero-order chi connectivity index (χ0) is 18.1. The van der Waals surface area contributed by atoms with Crippen molar-refractivity contribution in [1.29, 1.82) is 0 Å². The van der Waals surface area contributed by atoms with E-state index in [0.29, 0.717) is 5.92 Å². The van der Waals surface area contributed by atoms with Gasteiger partial charge in [-0.25, -0.2) is 9.97 Å². The van der Waals surface area contributed by atoms with E-state index in [1.54, 1.807) is 4.90 Å². The summed E-state index contributed by atoms with van der Waals surface area (Å²) in [6.45, 7) is 3.15. The van der Waals surface area contributed by atoms with Gasteiger partial charge in [0.2, 0.25) is 0 Å². The maximum Gasteiger partial charge on any atom is 0.250 e. The normalized spacial score (nSPS) is 20.1. The van der Waals surface area contributed by atoms with E-state index in [1.165, 1.54) is 22.5 Å². The fraction of sp³-hybridized carbons (Fsp3) is 0.273. The predicted octanol–water partition coefficient (Wildman–Crippen LogP) is 3.91. The lowest BCUT2D eigenvalue weighted by Crippen LogP contribution is -3.11. The second-order valence-electron chi connectivity index (χ2n) is 7.21. The first-order valence-corrected chi connectivity index (χ1v) is 10.4. The molecule has 4 nitrogen and oxygen atoms in total. The Morgan fingerprint density at radius 2 is 1.78 bits per heavy atom. The fourth-order valence-corrected chi connectivity index (χ4v) is 4.99. The standard InChI is InChI=1S/C22H21N3OS/c1-2-6-16(7-3-1)19-14-23-21(26-19)15-25-12-10-17(11-13-25)22-24-18-8-4-5-9-20(18)27-22/h1-9,14,17H,10-13,15H2/p+1. The summed E-state index contributed by atoms with van der Waals surface area (Å²) < 4.78 is 7.28. The van der Waals surface area contributed by atoms with Crippen molar-refractivity contribution in [1.82, 2.24) is 9.97 Å². The van der Waals surface area contributed by atoms with Gasteiger partial charge in [-0.1, -0.05) is 42.5 Å². The van der Waals surface area contributed by atoms with Crippen molar-refractivity contribution >= 4 is 21.6 Å². The smallest absolute Gasteiger partial charge is 0.250 e. The van der Waals surface area contributed by atoms with E-state index in [4.69, 9.17) is 9.40 Å². The molecule has 0 amide bonds. The van der Waals surface area contributed by atoms with Crippen LogP contribution in [0.3, 0.4) is 0 Å². The van der Waals surface area contributed by atoms with Crippen LogP contribution in [-0.4, -0.2) is 23.1 Å². The summed E-state index contributed by atoms with van der Waals surface area (Å²) in [5.41, 5.74) is 2.22. The Bertz CT molecular complexity index is 999. The number of quaternary nitrogens is 1. The lowest BCUT2D eigenvalue weighted by atomic mass is 9.97. The molecule has 3 heterocycles. The topological polar surface area (TPSA) is 43.4 Å². The molecule has 2 aromatic carbocycles. The molecule has 0 saturated carbocycles. The second-order valence-corrected chi connectivity index (χ2v) is 8.27. The van der Waals surface area contributed by atoms with Crippen molar-refractivity contribution in [3.8, 4) is 11.3 Å². The lowest BCUT2D eigenvalue weighted by molar-refractivity contribution is -0.920. The van der Waals surface area contributed by atoms with E-state index < -0.39 is 0 Å². The number of nitrogens with zero attached hydrogens (tertiary/aromatic N) is 2. The van der Waals surface area contributed by atoms with Crippen molar-refractivity contribution in [2.45, 2.75) is 25.3 Å². The van der Waals surface area contributed by atoms with Gasteiger partial charge in [0, 0.05) is 24.3 Å². The van der Waals surface area contributed by atoms with Crippen LogP contribution < -0.4 is 4.90 Å². The summed E-state index contributed by atoms with van der Waals surface area (Å²) in [6, 6.07) is 18.6. The number of hydrogen-bond acceptors (Lipinski definition) is 4. The van der Waals surface area contributed by atoms with Crippen molar-refractivity contribution in [3.63, 3.8) is 0 Å². The summed E-state index contributed by atoms with van der Waals surface area (Å²) >= 11 is 1.86. The van der Waals surface area contributed by atoms with Crippen LogP contribution in [0.15, 0.2) is 65.2 Å². The molecule has 4 aromatic rings. The molecule has 2 aromatic heterocycles. The van der Waals surface area contributed by atoms with Crippen LogP contribution in [0.25, 0.3) is 21.5 Å². The number of piperidine rings is 1. The number of para-hydroxylation sites is 1. The molecule has 27 heavy (non-hydrogen) atoms. The van der Waals surface area contributed by atoms with Gasteiger partial charge in [0.15, 0.2) is 12.3 Å². The maximum atomic E-state index is 5.98. The van der Waals surface area contributed by atoms with Crippen molar-refractivity contribution in [3.05, 3.63) is 71.7 Å². The van der Waals surface area contributed by atoms with E-state index >= 15 is 0 Å². The Morgan fingerprint density at radius 1 is 1.00 bits per heavy atom. The Balaban J connectivity index is 1.21. The summed E-state index contributed by atoms with van der Waals surface area (Å²) in [6.07, 6.45) is 4.21. The zero-order valence-electron chi connectivity index (χ0n) is 15.1. The molecule has 1 N–H and O–H groups in total. The molecule has 136 valence electrons. The number of likely N-dealkylation sites (tertiary alicyclic amines) is 1. The Hall–Kier alpha value is -2.50. The van der Waals surface area contributed by atoms with Crippen LogP contribution in [0.2, 0.25) is 0 Å².